The first-order chi connectivity index (χ1) is 7.59. The van der Waals surface area contributed by atoms with E-state index in [1.165, 1.54) is 18.3 Å². The number of benzene rings is 1. The highest BCUT2D eigenvalue weighted by molar-refractivity contribution is 5.85. The fraction of sp³-hybridized carbons (Fsp3) is 0.0909. The van der Waals surface area contributed by atoms with Crippen molar-refractivity contribution in [1.82, 2.24) is 4.98 Å². The van der Waals surface area contributed by atoms with Crippen molar-refractivity contribution in [3.8, 4) is 5.75 Å². The molecule has 0 spiro atoms. The number of fused-ring (bicyclic) bond motifs is 1. The molecule has 2 rings (SSSR count). The maximum Gasteiger partial charge on any atom is 0.308 e. The molecule has 3 N–H and O–H groups in total. The lowest BCUT2D eigenvalue weighted by molar-refractivity contribution is -0.136. The number of rotatable bonds is 2. The Hall–Kier alpha value is -2.30. The van der Waals surface area contributed by atoms with Crippen molar-refractivity contribution in [3.63, 3.8) is 0 Å². The van der Waals surface area contributed by atoms with Crippen LogP contribution < -0.4 is 5.43 Å². The topological polar surface area (TPSA) is 90.4 Å². The minimum Gasteiger partial charge on any atom is -0.506 e. The Bertz CT molecular complexity index is 615. The smallest absolute Gasteiger partial charge is 0.308 e. The summed E-state index contributed by atoms with van der Waals surface area (Å²) in [6, 6.07) is 4.53. The summed E-state index contributed by atoms with van der Waals surface area (Å²) in [4.78, 5) is 25.1. The van der Waals surface area contributed by atoms with Crippen LogP contribution in [0, 0.1) is 0 Å². The lowest BCUT2D eigenvalue weighted by atomic mass is 10.1. The van der Waals surface area contributed by atoms with Crippen LogP contribution in [0.2, 0.25) is 0 Å². The van der Waals surface area contributed by atoms with Gasteiger partial charge in [-0.2, -0.15) is 0 Å². The molecule has 0 atom stereocenters. The Morgan fingerprint density at radius 3 is 2.81 bits per heavy atom. The van der Waals surface area contributed by atoms with Gasteiger partial charge in [0.05, 0.1) is 11.9 Å². The molecule has 0 radical (unpaired) electrons. The zero-order chi connectivity index (χ0) is 11.7. The average Bonchev–Trinajstić information content (AvgIpc) is 2.23. The van der Waals surface area contributed by atoms with Crippen molar-refractivity contribution < 1.29 is 15.0 Å². The van der Waals surface area contributed by atoms with Gasteiger partial charge in [0.15, 0.2) is 5.43 Å². The van der Waals surface area contributed by atoms with Gasteiger partial charge in [0, 0.05) is 17.1 Å². The van der Waals surface area contributed by atoms with Gasteiger partial charge in [0.1, 0.15) is 5.75 Å². The second-order valence-corrected chi connectivity index (χ2v) is 3.41. The van der Waals surface area contributed by atoms with E-state index in [1.54, 1.807) is 6.07 Å². The molecule has 0 aliphatic rings. The van der Waals surface area contributed by atoms with Crippen LogP contribution >= 0.6 is 0 Å². The molecule has 0 unspecified atom stereocenters. The fourth-order valence-corrected chi connectivity index (χ4v) is 1.57. The minimum absolute atomic E-state index is 0.0310. The van der Waals surface area contributed by atoms with Crippen LogP contribution in [0.1, 0.15) is 5.56 Å². The maximum atomic E-state index is 11.8. The van der Waals surface area contributed by atoms with Crippen molar-refractivity contribution in [1.29, 1.82) is 0 Å². The summed E-state index contributed by atoms with van der Waals surface area (Å²) < 4.78 is 0. The van der Waals surface area contributed by atoms with Crippen molar-refractivity contribution in [3.05, 3.63) is 40.2 Å². The van der Waals surface area contributed by atoms with E-state index in [4.69, 9.17) is 5.11 Å². The highest BCUT2D eigenvalue weighted by Gasteiger charge is 2.09. The molecule has 5 nitrogen and oxygen atoms in total. The lowest BCUT2D eigenvalue weighted by Crippen LogP contribution is -2.14. The first-order valence-corrected chi connectivity index (χ1v) is 4.63. The summed E-state index contributed by atoms with van der Waals surface area (Å²) in [7, 11) is 0. The van der Waals surface area contributed by atoms with Gasteiger partial charge in [-0.05, 0) is 12.1 Å². The van der Waals surface area contributed by atoms with Gasteiger partial charge in [0.25, 0.3) is 0 Å². The molecule has 0 amide bonds. The number of aromatic hydroxyl groups is 1. The van der Waals surface area contributed by atoms with E-state index in [1.807, 2.05) is 0 Å². The first kappa shape index (κ1) is 10.2. The number of carbonyl (C=O) groups is 1. The number of aliphatic carboxylic acids is 1. The molecule has 0 saturated heterocycles. The standard InChI is InChI=1S/C11H9NO4/c13-8-3-1-2-7-10(8)12-5-6(11(7)16)4-9(14)15/h1-3,5,13H,4H2,(H,12,16)(H,14,15). The van der Waals surface area contributed by atoms with Gasteiger partial charge in [-0.25, -0.2) is 0 Å². The normalized spacial score (nSPS) is 10.5. The van der Waals surface area contributed by atoms with E-state index in [0.717, 1.165) is 0 Å². The van der Waals surface area contributed by atoms with Gasteiger partial charge < -0.3 is 15.2 Å². The number of aromatic nitrogens is 1. The van der Waals surface area contributed by atoms with E-state index in [2.05, 4.69) is 4.98 Å². The number of para-hydroxylation sites is 1. The molecule has 0 aliphatic carbocycles. The summed E-state index contributed by atoms with van der Waals surface area (Å²) in [5.41, 5.74) is 0.124. The zero-order valence-electron chi connectivity index (χ0n) is 8.23. The number of hydrogen-bond donors (Lipinski definition) is 3. The van der Waals surface area contributed by atoms with Crippen molar-refractivity contribution in [2.24, 2.45) is 0 Å². The van der Waals surface area contributed by atoms with E-state index in [-0.39, 0.29) is 23.2 Å². The number of carboxylic acid groups (broad SMARTS) is 1. The van der Waals surface area contributed by atoms with E-state index in [9.17, 15) is 14.7 Å². The third-order valence-electron chi connectivity index (χ3n) is 2.31. The highest BCUT2D eigenvalue weighted by atomic mass is 16.4. The fourth-order valence-electron chi connectivity index (χ4n) is 1.57. The second kappa shape index (κ2) is 3.69. The van der Waals surface area contributed by atoms with Crippen LogP contribution in [0.3, 0.4) is 0 Å². The predicted octanol–water partition coefficient (Wildman–Crippen LogP) is 0.861. The molecular formula is C11H9NO4. The summed E-state index contributed by atoms with van der Waals surface area (Å²) in [6.45, 7) is 0. The summed E-state index contributed by atoms with van der Waals surface area (Å²) in [5, 5.41) is 18.4. The summed E-state index contributed by atoms with van der Waals surface area (Å²) in [5.74, 6) is -1.10. The van der Waals surface area contributed by atoms with Crippen molar-refractivity contribution in [2.75, 3.05) is 0 Å². The molecule has 1 aromatic heterocycles. The number of carboxylic acids is 1. The maximum absolute atomic E-state index is 11.8. The molecule has 0 aliphatic heterocycles. The van der Waals surface area contributed by atoms with Crippen LogP contribution in [-0.4, -0.2) is 21.2 Å². The van der Waals surface area contributed by atoms with Crippen LogP contribution in [0.15, 0.2) is 29.2 Å². The van der Waals surface area contributed by atoms with E-state index >= 15 is 0 Å². The van der Waals surface area contributed by atoms with Gasteiger partial charge >= 0.3 is 5.97 Å². The molecule has 0 saturated carbocycles. The molecular weight excluding hydrogens is 210 g/mol. The Morgan fingerprint density at radius 1 is 1.38 bits per heavy atom. The van der Waals surface area contributed by atoms with E-state index in [0.29, 0.717) is 10.9 Å². The molecule has 0 bridgehead atoms. The quantitative estimate of drug-likeness (QED) is 0.698. The number of nitrogens with one attached hydrogen (secondary N) is 1. The minimum atomic E-state index is -1.06. The number of aromatic amines is 1. The predicted molar refractivity (Wildman–Crippen MR) is 57.6 cm³/mol. The Morgan fingerprint density at radius 2 is 2.12 bits per heavy atom. The molecule has 1 heterocycles. The molecule has 0 fully saturated rings. The summed E-state index contributed by atoms with van der Waals surface area (Å²) in [6.07, 6.45) is 0.986. The van der Waals surface area contributed by atoms with Gasteiger partial charge in [-0.3, -0.25) is 9.59 Å². The first-order valence-electron chi connectivity index (χ1n) is 4.63. The molecule has 2 aromatic rings. The Balaban J connectivity index is 2.71. The van der Waals surface area contributed by atoms with Crippen molar-refractivity contribution in [2.45, 2.75) is 6.42 Å². The molecule has 5 heteroatoms. The number of phenols is 1. The SMILES string of the molecule is O=C(O)Cc1c[nH]c2c(O)cccc2c1=O. The van der Waals surface area contributed by atoms with Crippen LogP contribution in [-0.2, 0) is 11.2 Å². The number of phenolic OH excluding ortho intramolecular Hbond substituents is 1. The van der Waals surface area contributed by atoms with Gasteiger partial charge in [0.2, 0.25) is 0 Å². The lowest BCUT2D eigenvalue weighted by Gasteiger charge is -2.02. The summed E-state index contributed by atoms with van der Waals surface area (Å²) >= 11 is 0. The molecule has 1 aromatic carbocycles. The van der Waals surface area contributed by atoms with Gasteiger partial charge in [-0.1, -0.05) is 6.07 Å². The largest absolute Gasteiger partial charge is 0.506 e. The van der Waals surface area contributed by atoms with E-state index < -0.39 is 5.97 Å². The van der Waals surface area contributed by atoms with Crippen LogP contribution in [0.4, 0.5) is 0 Å². The second-order valence-electron chi connectivity index (χ2n) is 3.41. The monoisotopic (exact) mass is 219 g/mol. The zero-order valence-corrected chi connectivity index (χ0v) is 8.23. The molecule has 16 heavy (non-hydrogen) atoms. The number of hydrogen-bond acceptors (Lipinski definition) is 3. The molecule has 82 valence electrons. The van der Waals surface area contributed by atoms with Crippen molar-refractivity contribution >= 4 is 16.9 Å². The average molecular weight is 219 g/mol. The Kier molecular flexibility index (Phi) is 2.36. The third-order valence-corrected chi connectivity index (χ3v) is 2.31. The Labute approximate surface area is 90.0 Å². The number of pyridine rings is 1. The third kappa shape index (κ3) is 1.63. The van der Waals surface area contributed by atoms with Gasteiger partial charge in [-0.15, -0.1) is 0 Å². The highest BCUT2D eigenvalue weighted by Crippen LogP contribution is 2.19. The number of H-pyrrole nitrogens is 1. The van der Waals surface area contributed by atoms with Crippen LogP contribution in [0.25, 0.3) is 10.9 Å². The van der Waals surface area contributed by atoms with Crippen LogP contribution in [0.5, 0.6) is 5.75 Å².